The van der Waals surface area contributed by atoms with Crippen LogP contribution in [0.15, 0.2) is 72.4 Å². The van der Waals surface area contributed by atoms with Gasteiger partial charge in [-0.25, -0.2) is 0 Å². The molecule has 0 unspecified atom stereocenters. The highest BCUT2D eigenvalue weighted by molar-refractivity contribution is 5.98. The Labute approximate surface area is 119 Å². The smallest absolute Gasteiger partial charge is 0.00264 e. The van der Waals surface area contributed by atoms with Gasteiger partial charge < -0.3 is 0 Å². The molecule has 4 rings (SSSR count). The molecule has 0 radical (unpaired) electrons. The van der Waals surface area contributed by atoms with Crippen LogP contribution in [-0.4, -0.2) is 0 Å². The summed E-state index contributed by atoms with van der Waals surface area (Å²) < 4.78 is 0. The summed E-state index contributed by atoms with van der Waals surface area (Å²) in [5, 5.41) is 2.70. The average molecular weight is 256 g/mol. The van der Waals surface area contributed by atoms with E-state index in [4.69, 9.17) is 0 Å². The predicted octanol–water partition coefficient (Wildman–Crippen LogP) is 3.42. The molecule has 0 spiro atoms. The quantitative estimate of drug-likeness (QED) is 0.667. The van der Waals surface area contributed by atoms with Crippen LogP contribution in [0.25, 0.3) is 17.2 Å². The van der Waals surface area contributed by atoms with Crippen LogP contribution in [0.2, 0.25) is 0 Å². The largest absolute Gasteiger partial charge is 0.0836 e. The third-order valence-electron chi connectivity index (χ3n) is 4.07. The standard InChI is InChI=1S/C20H16/c1-2-6-12-17-16(11-5-1)18-13-7-3-4-9-15-10-8-14-19(17)20(15)18/h3-14H,1-2H2/b4-3-,7-3?,9-4?,11-5-,12-6-,13-7-,15-9-,18-13?. The topological polar surface area (TPSA) is 0 Å². The maximum Gasteiger partial charge on any atom is -0.00264 e. The van der Waals surface area contributed by atoms with Gasteiger partial charge in [-0.1, -0.05) is 72.9 Å². The Morgan fingerprint density at radius 3 is 2.45 bits per heavy atom. The molecular weight excluding hydrogens is 240 g/mol. The van der Waals surface area contributed by atoms with E-state index in [9.17, 15) is 0 Å². The van der Waals surface area contributed by atoms with Crippen LogP contribution in [0.5, 0.6) is 0 Å². The van der Waals surface area contributed by atoms with Crippen molar-refractivity contribution in [1.29, 1.82) is 0 Å². The maximum atomic E-state index is 2.30. The second-order valence-corrected chi connectivity index (χ2v) is 5.30. The summed E-state index contributed by atoms with van der Waals surface area (Å²) in [5.41, 5.74) is 5.46. The van der Waals surface area contributed by atoms with Gasteiger partial charge in [0.2, 0.25) is 0 Å². The molecule has 1 aromatic rings. The van der Waals surface area contributed by atoms with Gasteiger partial charge in [-0.15, -0.1) is 0 Å². The summed E-state index contributed by atoms with van der Waals surface area (Å²) >= 11 is 0. The summed E-state index contributed by atoms with van der Waals surface area (Å²) in [6, 6.07) is 6.61. The summed E-state index contributed by atoms with van der Waals surface area (Å²) in [5.74, 6) is 0. The molecule has 0 aromatic heterocycles. The highest BCUT2D eigenvalue weighted by Crippen LogP contribution is 2.32. The molecule has 0 bridgehead atoms. The lowest BCUT2D eigenvalue weighted by atomic mass is 9.99. The first-order valence-corrected chi connectivity index (χ1v) is 7.22. The summed E-state index contributed by atoms with van der Waals surface area (Å²) in [4.78, 5) is 0. The molecule has 0 fully saturated rings. The lowest BCUT2D eigenvalue weighted by Crippen LogP contribution is -2.27. The van der Waals surface area contributed by atoms with E-state index in [2.05, 4.69) is 72.9 Å². The van der Waals surface area contributed by atoms with Gasteiger partial charge in [0.05, 0.1) is 0 Å². The lowest BCUT2D eigenvalue weighted by Gasteiger charge is -2.05. The van der Waals surface area contributed by atoms with E-state index in [1.807, 2.05) is 0 Å². The third-order valence-corrected chi connectivity index (χ3v) is 4.07. The van der Waals surface area contributed by atoms with E-state index in [-0.39, 0.29) is 0 Å². The Kier molecular flexibility index (Phi) is 2.67. The molecule has 0 heteroatoms. The molecule has 0 aliphatic heterocycles. The first-order chi connectivity index (χ1) is 9.95. The van der Waals surface area contributed by atoms with Crippen molar-refractivity contribution in [3.63, 3.8) is 0 Å². The SMILES string of the molecule is C1=C\C=c2\cccc3c2=C(\C=C/1)C1=C3/C=C\CC/C=C\1. The summed E-state index contributed by atoms with van der Waals surface area (Å²) in [6.45, 7) is 0. The summed E-state index contributed by atoms with van der Waals surface area (Å²) in [7, 11) is 0. The van der Waals surface area contributed by atoms with Gasteiger partial charge in [0.1, 0.15) is 0 Å². The molecule has 0 N–H and O–H groups in total. The van der Waals surface area contributed by atoms with Gasteiger partial charge in [0.15, 0.2) is 0 Å². The molecule has 1 aromatic carbocycles. The third kappa shape index (κ3) is 1.69. The van der Waals surface area contributed by atoms with Crippen molar-refractivity contribution in [2.24, 2.45) is 0 Å². The van der Waals surface area contributed by atoms with E-state index < -0.39 is 0 Å². The van der Waals surface area contributed by atoms with Crippen molar-refractivity contribution in [2.75, 3.05) is 0 Å². The van der Waals surface area contributed by atoms with Gasteiger partial charge in [0, 0.05) is 0 Å². The highest BCUT2D eigenvalue weighted by atomic mass is 14.2. The Balaban J connectivity index is 2.14. The molecule has 0 amide bonds. The van der Waals surface area contributed by atoms with Crippen LogP contribution in [0.4, 0.5) is 0 Å². The molecule has 20 heavy (non-hydrogen) atoms. The number of fused-ring (bicyclic) bond motifs is 2. The molecule has 0 atom stereocenters. The van der Waals surface area contributed by atoms with Crippen molar-refractivity contribution in [3.05, 3.63) is 88.4 Å². The van der Waals surface area contributed by atoms with E-state index in [0.29, 0.717) is 0 Å². The van der Waals surface area contributed by atoms with Crippen LogP contribution in [0.1, 0.15) is 18.4 Å². The first-order valence-electron chi connectivity index (χ1n) is 7.22. The molecular formula is C20H16. The van der Waals surface area contributed by atoms with Gasteiger partial charge in [-0.2, -0.15) is 0 Å². The fourth-order valence-corrected chi connectivity index (χ4v) is 3.16. The van der Waals surface area contributed by atoms with Gasteiger partial charge in [-0.3, -0.25) is 0 Å². The van der Waals surface area contributed by atoms with E-state index in [1.165, 1.54) is 32.7 Å². The number of hydrogen-bond donors (Lipinski definition) is 0. The number of hydrogen-bond acceptors (Lipinski definition) is 0. The number of rotatable bonds is 0. The molecule has 0 nitrogen and oxygen atoms in total. The lowest BCUT2D eigenvalue weighted by molar-refractivity contribution is 1.05. The Morgan fingerprint density at radius 1 is 0.700 bits per heavy atom. The van der Waals surface area contributed by atoms with Crippen LogP contribution >= 0.6 is 0 Å². The molecule has 0 heterocycles. The second kappa shape index (κ2) is 4.64. The van der Waals surface area contributed by atoms with Gasteiger partial charge in [-0.05, 0) is 45.6 Å². The minimum absolute atomic E-state index is 1.12. The second-order valence-electron chi connectivity index (χ2n) is 5.30. The predicted molar refractivity (Wildman–Crippen MR) is 86.3 cm³/mol. The van der Waals surface area contributed by atoms with E-state index in [0.717, 1.165) is 12.8 Å². The normalized spacial score (nSPS) is 27.0. The van der Waals surface area contributed by atoms with E-state index in [1.54, 1.807) is 0 Å². The van der Waals surface area contributed by atoms with Crippen LogP contribution in [0.3, 0.4) is 0 Å². The maximum absolute atomic E-state index is 2.30. The molecule has 3 aliphatic carbocycles. The minimum Gasteiger partial charge on any atom is -0.0836 e. The average Bonchev–Trinajstić information content (AvgIpc) is 2.68. The minimum atomic E-state index is 1.12. The Morgan fingerprint density at radius 2 is 1.55 bits per heavy atom. The fourth-order valence-electron chi connectivity index (χ4n) is 3.16. The van der Waals surface area contributed by atoms with E-state index >= 15 is 0 Å². The zero-order valence-electron chi connectivity index (χ0n) is 11.3. The number of allylic oxidation sites excluding steroid dienone is 10. The highest BCUT2D eigenvalue weighted by Gasteiger charge is 2.19. The molecule has 96 valence electrons. The van der Waals surface area contributed by atoms with Crippen LogP contribution in [0, 0.1) is 0 Å². The summed E-state index contributed by atoms with van der Waals surface area (Å²) in [6.07, 6.45) is 22.2. The van der Waals surface area contributed by atoms with Crippen molar-refractivity contribution in [3.8, 4) is 0 Å². The molecule has 3 aliphatic rings. The number of benzene rings is 1. The first kappa shape index (κ1) is 11.5. The van der Waals surface area contributed by atoms with Gasteiger partial charge in [0.25, 0.3) is 0 Å². The Bertz CT molecular complexity index is 837. The van der Waals surface area contributed by atoms with Crippen molar-refractivity contribution < 1.29 is 0 Å². The Hall–Kier alpha value is -2.34. The van der Waals surface area contributed by atoms with Crippen molar-refractivity contribution >= 4 is 17.2 Å². The fraction of sp³-hybridized carbons (Fsp3) is 0.100. The van der Waals surface area contributed by atoms with Crippen molar-refractivity contribution in [2.45, 2.75) is 12.8 Å². The zero-order chi connectivity index (χ0) is 13.4. The zero-order valence-corrected chi connectivity index (χ0v) is 11.3. The van der Waals surface area contributed by atoms with Crippen molar-refractivity contribution in [1.82, 2.24) is 0 Å². The molecule has 0 saturated heterocycles. The van der Waals surface area contributed by atoms with Crippen LogP contribution < -0.4 is 10.4 Å². The monoisotopic (exact) mass is 256 g/mol. The van der Waals surface area contributed by atoms with Crippen LogP contribution in [-0.2, 0) is 0 Å². The van der Waals surface area contributed by atoms with Gasteiger partial charge >= 0.3 is 0 Å². The molecule has 0 saturated carbocycles.